The standard InChI is InChI=1S/C12H11ClO2/c13-11(10-6-7-10)12(14)15-8-9-4-2-1-3-5-9/h1-5H,6-8H2. The topological polar surface area (TPSA) is 26.3 Å². The molecule has 1 fully saturated rings. The Morgan fingerprint density at radius 3 is 2.53 bits per heavy atom. The van der Waals surface area contributed by atoms with E-state index in [2.05, 4.69) is 0 Å². The van der Waals surface area contributed by atoms with Gasteiger partial charge in [0.05, 0.1) is 0 Å². The fraction of sp³-hybridized carbons (Fsp3) is 0.250. The van der Waals surface area contributed by atoms with Crippen molar-refractivity contribution in [3.8, 4) is 0 Å². The van der Waals surface area contributed by atoms with Crippen LogP contribution in [-0.4, -0.2) is 5.97 Å². The van der Waals surface area contributed by atoms with Crippen molar-refractivity contribution in [1.82, 2.24) is 0 Å². The van der Waals surface area contributed by atoms with Gasteiger partial charge in [-0.3, -0.25) is 0 Å². The molecule has 0 unspecified atom stereocenters. The predicted octanol–water partition coefficient (Wildman–Crippen LogP) is 3.02. The maximum Gasteiger partial charge on any atom is 0.350 e. The molecule has 0 saturated heterocycles. The van der Waals surface area contributed by atoms with Crippen molar-refractivity contribution in [1.29, 1.82) is 0 Å². The molecule has 1 aromatic carbocycles. The third-order valence-corrected chi connectivity index (χ3v) is 2.62. The molecule has 1 saturated carbocycles. The quantitative estimate of drug-likeness (QED) is 0.581. The van der Waals surface area contributed by atoms with Gasteiger partial charge in [-0.2, -0.15) is 0 Å². The van der Waals surface area contributed by atoms with Crippen molar-refractivity contribution in [2.24, 2.45) is 0 Å². The summed E-state index contributed by atoms with van der Waals surface area (Å²) in [7, 11) is 0. The van der Waals surface area contributed by atoms with Crippen LogP contribution in [0.5, 0.6) is 0 Å². The number of benzene rings is 1. The molecule has 3 heteroatoms. The number of allylic oxidation sites excluding steroid dienone is 1. The van der Waals surface area contributed by atoms with Crippen LogP contribution in [0.3, 0.4) is 0 Å². The van der Waals surface area contributed by atoms with Gasteiger partial charge in [0.2, 0.25) is 0 Å². The number of hydrogen-bond acceptors (Lipinski definition) is 2. The summed E-state index contributed by atoms with van der Waals surface area (Å²) in [5.41, 5.74) is 1.98. The predicted molar refractivity (Wildman–Crippen MR) is 58.4 cm³/mol. The van der Waals surface area contributed by atoms with E-state index >= 15 is 0 Å². The van der Waals surface area contributed by atoms with Crippen LogP contribution in [0.1, 0.15) is 18.4 Å². The summed E-state index contributed by atoms with van der Waals surface area (Å²) in [4.78, 5) is 11.4. The zero-order valence-corrected chi connectivity index (χ0v) is 8.96. The Bertz CT molecular complexity index is 389. The van der Waals surface area contributed by atoms with Crippen LogP contribution < -0.4 is 0 Å². The van der Waals surface area contributed by atoms with Crippen molar-refractivity contribution in [2.45, 2.75) is 19.4 Å². The smallest absolute Gasteiger partial charge is 0.350 e. The van der Waals surface area contributed by atoms with Crippen LogP contribution in [0.15, 0.2) is 40.9 Å². The van der Waals surface area contributed by atoms with Gasteiger partial charge in [0, 0.05) is 0 Å². The summed E-state index contributed by atoms with van der Waals surface area (Å²) in [6.45, 7) is 0.281. The highest BCUT2D eigenvalue weighted by Crippen LogP contribution is 2.33. The normalized spacial score (nSPS) is 13.5. The first kappa shape index (κ1) is 10.2. The Labute approximate surface area is 93.5 Å². The van der Waals surface area contributed by atoms with Crippen molar-refractivity contribution in [3.63, 3.8) is 0 Å². The molecule has 0 bridgehead atoms. The van der Waals surface area contributed by atoms with E-state index in [0.29, 0.717) is 0 Å². The van der Waals surface area contributed by atoms with E-state index < -0.39 is 5.97 Å². The first-order valence-electron chi connectivity index (χ1n) is 4.86. The SMILES string of the molecule is O=C(OCc1ccccc1)C(Cl)=C1CC1. The lowest BCUT2D eigenvalue weighted by molar-refractivity contribution is -0.139. The Hall–Kier alpha value is -1.28. The fourth-order valence-corrected chi connectivity index (χ4v) is 1.46. The highest BCUT2D eigenvalue weighted by atomic mass is 35.5. The molecule has 78 valence electrons. The van der Waals surface area contributed by atoms with Crippen LogP contribution in [0.4, 0.5) is 0 Å². The summed E-state index contributed by atoms with van der Waals surface area (Å²) < 4.78 is 5.06. The molecule has 0 heterocycles. The Kier molecular flexibility index (Phi) is 3.07. The van der Waals surface area contributed by atoms with E-state index in [1.165, 1.54) is 0 Å². The van der Waals surface area contributed by atoms with Gasteiger partial charge in [0.15, 0.2) is 0 Å². The number of esters is 1. The first-order chi connectivity index (χ1) is 7.27. The molecule has 0 aliphatic heterocycles. The molecule has 0 N–H and O–H groups in total. The van der Waals surface area contributed by atoms with Crippen LogP contribution in [0.2, 0.25) is 0 Å². The van der Waals surface area contributed by atoms with Gasteiger partial charge < -0.3 is 4.74 Å². The van der Waals surface area contributed by atoms with Crippen molar-refractivity contribution >= 4 is 17.6 Å². The molecule has 0 amide bonds. The van der Waals surface area contributed by atoms with Gasteiger partial charge in [-0.05, 0) is 24.0 Å². The minimum atomic E-state index is -0.409. The third-order valence-electron chi connectivity index (χ3n) is 2.20. The zero-order chi connectivity index (χ0) is 10.7. The molecule has 15 heavy (non-hydrogen) atoms. The van der Waals surface area contributed by atoms with Gasteiger partial charge in [-0.1, -0.05) is 41.9 Å². The maximum absolute atomic E-state index is 11.4. The van der Waals surface area contributed by atoms with E-state index in [4.69, 9.17) is 16.3 Å². The fourth-order valence-electron chi connectivity index (χ4n) is 1.21. The molecule has 0 atom stereocenters. The Balaban J connectivity index is 1.89. The largest absolute Gasteiger partial charge is 0.457 e. The highest BCUT2D eigenvalue weighted by molar-refractivity contribution is 6.41. The number of ether oxygens (including phenoxy) is 1. The van der Waals surface area contributed by atoms with E-state index in [1.807, 2.05) is 30.3 Å². The molecule has 2 rings (SSSR count). The number of rotatable bonds is 3. The first-order valence-corrected chi connectivity index (χ1v) is 5.24. The average Bonchev–Trinajstić information content (AvgIpc) is 3.10. The second-order valence-electron chi connectivity index (χ2n) is 3.48. The maximum atomic E-state index is 11.4. The van der Waals surface area contributed by atoms with Crippen molar-refractivity contribution in [2.75, 3.05) is 0 Å². The van der Waals surface area contributed by atoms with E-state index in [1.54, 1.807) is 0 Å². The van der Waals surface area contributed by atoms with E-state index in [-0.39, 0.29) is 11.6 Å². The van der Waals surface area contributed by atoms with Crippen molar-refractivity contribution < 1.29 is 9.53 Å². The lowest BCUT2D eigenvalue weighted by Gasteiger charge is -2.03. The van der Waals surface area contributed by atoms with Crippen LogP contribution >= 0.6 is 11.6 Å². The van der Waals surface area contributed by atoms with Crippen molar-refractivity contribution in [3.05, 3.63) is 46.5 Å². The summed E-state index contributed by atoms with van der Waals surface area (Å²) in [5, 5.41) is 0.269. The Morgan fingerprint density at radius 1 is 1.27 bits per heavy atom. The van der Waals surface area contributed by atoms with E-state index in [0.717, 1.165) is 24.0 Å². The number of halogens is 1. The molecule has 0 spiro atoms. The van der Waals surface area contributed by atoms with Crippen LogP contribution in [0.25, 0.3) is 0 Å². The summed E-state index contributed by atoms with van der Waals surface area (Å²) in [6.07, 6.45) is 1.86. The van der Waals surface area contributed by atoms with Gasteiger partial charge in [-0.15, -0.1) is 0 Å². The Morgan fingerprint density at radius 2 is 1.93 bits per heavy atom. The van der Waals surface area contributed by atoms with Gasteiger partial charge >= 0.3 is 5.97 Å². The average molecular weight is 223 g/mol. The molecule has 1 aliphatic rings. The minimum absolute atomic E-state index is 0.269. The monoisotopic (exact) mass is 222 g/mol. The van der Waals surface area contributed by atoms with E-state index in [9.17, 15) is 4.79 Å². The minimum Gasteiger partial charge on any atom is -0.457 e. The number of carbonyl (C=O) groups excluding carboxylic acids is 1. The molecule has 0 radical (unpaired) electrons. The molecular weight excluding hydrogens is 212 g/mol. The second kappa shape index (κ2) is 4.49. The number of hydrogen-bond donors (Lipinski definition) is 0. The van der Waals surface area contributed by atoms with Gasteiger partial charge in [0.1, 0.15) is 11.6 Å². The molecule has 2 nitrogen and oxygen atoms in total. The molecule has 1 aliphatic carbocycles. The molecule has 0 aromatic heterocycles. The zero-order valence-electron chi connectivity index (χ0n) is 8.20. The third kappa shape index (κ3) is 2.83. The second-order valence-corrected chi connectivity index (χ2v) is 3.86. The summed E-state index contributed by atoms with van der Waals surface area (Å²) in [6, 6.07) is 9.55. The highest BCUT2D eigenvalue weighted by Gasteiger charge is 2.22. The van der Waals surface area contributed by atoms with Crippen LogP contribution in [0, 0.1) is 0 Å². The van der Waals surface area contributed by atoms with Gasteiger partial charge in [-0.25, -0.2) is 4.79 Å². The van der Waals surface area contributed by atoms with Crippen LogP contribution in [-0.2, 0) is 16.1 Å². The summed E-state index contributed by atoms with van der Waals surface area (Å²) >= 11 is 5.80. The number of carbonyl (C=O) groups is 1. The van der Waals surface area contributed by atoms with Gasteiger partial charge in [0.25, 0.3) is 0 Å². The lowest BCUT2D eigenvalue weighted by Crippen LogP contribution is -2.04. The summed E-state index contributed by atoms with van der Waals surface area (Å²) in [5.74, 6) is -0.409. The lowest BCUT2D eigenvalue weighted by atomic mass is 10.2. The molecule has 1 aromatic rings. The molecular formula is C12H11ClO2.